The molecule has 2 N–H and O–H groups in total. The van der Waals surface area contributed by atoms with Crippen molar-refractivity contribution in [2.75, 3.05) is 0 Å². The SMILES string of the molecule is CCC(=O)c1cccc(S(=O)(=O)NC(C)c2nn[nH]n2)c1. The highest BCUT2D eigenvalue weighted by Crippen LogP contribution is 2.16. The van der Waals surface area contributed by atoms with E-state index in [0.717, 1.165) is 0 Å². The highest BCUT2D eigenvalue weighted by atomic mass is 32.2. The molecule has 2 rings (SSSR count). The Hall–Kier alpha value is -2.13. The first-order chi connectivity index (χ1) is 9.94. The van der Waals surface area contributed by atoms with E-state index < -0.39 is 16.1 Å². The highest BCUT2D eigenvalue weighted by molar-refractivity contribution is 7.89. The maximum absolute atomic E-state index is 12.3. The molecule has 0 spiro atoms. The standard InChI is InChI=1S/C12H15N5O3S/c1-3-11(18)9-5-4-6-10(7-9)21(19,20)15-8(2)12-13-16-17-14-12/h4-8,15H,3H2,1-2H3,(H,13,14,16,17). The zero-order valence-electron chi connectivity index (χ0n) is 11.6. The number of Topliss-reactive ketones (excluding diaryl/α,β-unsaturated/α-hetero) is 1. The molecular formula is C12H15N5O3S. The molecule has 1 unspecified atom stereocenters. The van der Waals surface area contributed by atoms with Crippen molar-refractivity contribution in [2.24, 2.45) is 0 Å². The number of hydrogen-bond acceptors (Lipinski definition) is 6. The number of nitrogens with one attached hydrogen (secondary N) is 2. The van der Waals surface area contributed by atoms with Crippen LogP contribution in [0.2, 0.25) is 0 Å². The van der Waals surface area contributed by atoms with E-state index in [0.29, 0.717) is 12.0 Å². The summed E-state index contributed by atoms with van der Waals surface area (Å²) in [6, 6.07) is 5.28. The summed E-state index contributed by atoms with van der Waals surface area (Å²) in [5, 5.41) is 13.1. The molecular weight excluding hydrogens is 294 g/mol. The van der Waals surface area contributed by atoms with Crippen LogP contribution in [0.15, 0.2) is 29.2 Å². The predicted molar refractivity (Wildman–Crippen MR) is 74.0 cm³/mol. The van der Waals surface area contributed by atoms with Crippen LogP contribution in [-0.2, 0) is 10.0 Å². The number of sulfonamides is 1. The van der Waals surface area contributed by atoms with Gasteiger partial charge < -0.3 is 0 Å². The van der Waals surface area contributed by atoms with Crippen LogP contribution in [0.1, 0.15) is 42.5 Å². The van der Waals surface area contributed by atoms with Crippen molar-refractivity contribution in [3.8, 4) is 0 Å². The van der Waals surface area contributed by atoms with Gasteiger partial charge in [-0.25, -0.2) is 13.1 Å². The van der Waals surface area contributed by atoms with E-state index in [-0.39, 0.29) is 16.5 Å². The van der Waals surface area contributed by atoms with Crippen molar-refractivity contribution in [3.05, 3.63) is 35.7 Å². The zero-order chi connectivity index (χ0) is 15.5. The molecule has 0 fully saturated rings. The lowest BCUT2D eigenvalue weighted by Gasteiger charge is -2.11. The van der Waals surface area contributed by atoms with E-state index >= 15 is 0 Å². The topological polar surface area (TPSA) is 118 Å². The van der Waals surface area contributed by atoms with Gasteiger partial charge in [0.15, 0.2) is 11.6 Å². The Morgan fingerprint density at radius 2 is 2.19 bits per heavy atom. The Labute approximate surface area is 122 Å². The number of hydrogen-bond donors (Lipinski definition) is 2. The third-order valence-corrected chi connectivity index (χ3v) is 4.41. The summed E-state index contributed by atoms with van der Waals surface area (Å²) in [5.74, 6) is 0.123. The molecule has 112 valence electrons. The molecule has 1 atom stereocenters. The number of carbonyl (C=O) groups is 1. The third-order valence-electron chi connectivity index (χ3n) is 2.87. The molecule has 0 bridgehead atoms. The molecule has 0 saturated heterocycles. The quantitative estimate of drug-likeness (QED) is 0.763. The van der Waals surface area contributed by atoms with Crippen LogP contribution < -0.4 is 4.72 Å². The third kappa shape index (κ3) is 3.50. The van der Waals surface area contributed by atoms with E-state index in [4.69, 9.17) is 0 Å². The first kappa shape index (κ1) is 15.3. The van der Waals surface area contributed by atoms with Crippen LogP contribution in [0.4, 0.5) is 0 Å². The summed E-state index contributed by atoms with van der Waals surface area (Å²) < 4.78 is 27.0. The summed E-state index contributed by atoms with van der Waals surface area (Å²) in [6.07, 6.45) is 0.316. The van der Waals surface area contributed by atoms with Gasteiger partial charge in [0.1, 0.15) is 0 Å². The minimum atomic E-state index is -3.77. The fourth-order valence-electron chi connectivity index (χ4n) is 1.75. The number of rotatable bonds is 6. The van der Waals surface area contributed by atoms with Crippen molar-refractivity contribution >= 4 is 15.8 Å². The normalized spacial score (nSPS) is 13.0. The fraction of sp³-hybridized carbons (Fsp3) is 0.333. The van der Waals surface area contributed by atoms with Gasteiger partial charge in [-0.1, -0.05) is 24.3 Å². The van der Waals surface area contributed by atoms with E-state index in [1.807, 2.05) is 0 Å². The van der Waals surface area contributed by atoms with Gasteiger partial charge in [-0.15, -0.1) is 10.2 Å². The molecule has 0 aliphatic carbocycles. The maximum atomic E-state index is 12.3. The second kappa shape index (κ2) is 6.10. The molecule has 1 aromatic carbocycles. The number of aromatic amines is 1. The van der Waals surface area contributed by atoms with Crippen LogP contribution in [0.3, 0.4) is 0 Å². The molecule has 8 nitrogen and oxygen atoms in total. The van der Waals surface area contributed by atoms with Crippen LogP contribution in [0.5, 0.6) is 0 Å². The molecule has 0 aliphatic rings. The summed E-state index contributed by atoms with van der Waals surface area (Å²) in [7, 11) is -3.77. The molecule has 0 saturated carbocycles. The monoisotopic (exact) mass is 309 g/mol. The Morgan fingerprint density at radius 1 is 1.43 bits per heavy atom. The van der Waals surface area contributed by atoms with Gasteiger partial charge in [-0.05, 0) is 19.1 Å². The van der Waals surface area contributed by atoms with Gasteiger partial charge in [0.2, 0.25) is 10.0 Å². The lowest BCUT2D eigenvalue weighted by molar-refractivity contribution is 0.0988. The van der Waals surface area contributed by atoms with E-state index in [1.165, 1.54) is 18.2 Å². The van der Waals surface area contributed by atoms with Crippen LogP contribution in [-0.4, -0.2) is 34.8 Å². The number of nitrogens with zero attached hydrogens (tertiary/aromatic N) is 3. The molecule has 1 aromatic heterocycles. The average Bonchev–Trinajstić information content (AvgIpc) is 3.00. The highest BCUT2D eigenvalue weighted by Gasteiger charge is 2.21. The van der Waals surface area contributed by atoms with Crippen molar-refractivity contribution in [2.45, 2.75) is 31.2 Å². The van der Waals surface area contributed by atoms with Crippen LogP contribution >= 0.6 is 0 Å². The number of aromatic nitrogens is 4. The van der Waals surface area contributed by atoms with Gasteiger partial charge in [0, 0.05) is 12.0 Å². The van der Waals surface area contributed by atoms with E-state index in [1.54, 1.807) is 19.9 Å². The van der Waals surface area contributed by atoms with Crippen LogP contribution in [0.25, 0.3) is 0 Å². The smallest absolute Gasteiger partial charge is 0.241 e. The van der Waals surface area contributed by atoms with Crippen LogP contribution in [0, 0.1) is 0 Å². The van der Waals surface area contributed by atoms with Crippen molar-refractivity contribution in [1.82, 2.24) is 25.3 Å². The Bertz CT molecular complexity index is 727. The number of H-pyrrole nitrogens is 1. The number of benzene rings is 1. The largest absolute Gasteiger partial charge is 0.294 e. The number of carbonyl (C=O) groups excluding carboxylic acids is 1. The zero-order valence-corrected chi connectivity index (χ0v) is 12.4. The van der Waals surface area contributed by atoms with E-state index in [9.17, 15) is 13.2 Å². The Balaban J connectivity index is 2.25. The van der Waals surface area contributed by atoms with Gasteiger partial charge in [-0.2, -0.15) is 5.21 Å². The lowest BCUT2D eigenvalue weighted by Crippen LogP contribution is -2.27. The van der Waals surface area contributed by atoms with Crippen molar-refractivity contribution < 1.29 is 13.2 Å². The minimum Gasteiger partial charge on any atom is -0.294 e. The summed E-state index contributed by atoms with van der Waals surface area (Å²) in [4.78, 5) is 11.7. The Morgan fingerprint density at radius 3 is 2.81 bits per heavy atom. The molecule has 9 heteroatoms. The van der Waals surface area contributed by atoms with E-state index in [2.05, 4.69) is 25.3 Å². The van der Waals surface area contributed by atoms with Gasteiger partial charge in [-0.3, -0.25) is 4.79 Å². The van der Waals surface area contributed by atoms with Gasteiger partial charge in [0.25, 0.3) is 0 Å². The second-order valence-corrected chi connectivity index (χ2v) is 6.13. The second-order valence-electron chi connectivity index (χ2n) is 4.42. The fourth-order valence-corrected chi connectivity index (χ4v) is 2.99. The number of tetrazole rings is 1. The van der Waals surface area contributed by atoms with Gasteiger partial charge in [0.05, 0.1) is 10.9 Å². The minimum absolute atomic E-state index is 0.0251. The summed E-state index contributed by atoms with van der Waals surface area (Å²) >= 11 is 0. The number of ketones is 1. The Kier molecular flexibility index (Phi) is 4.43. The summed E-state index contributed by atoms with van der Waals surface area (Å²) in [5.41, 5.74) is 0.368. The molecule has 21 heavy (non-hydrogen) atoms. The molecule has 1 heterocycles. The molecule has 0 amide bonds. The first-order valence-electron chi connectivity index (χ1n) is 6.33. The summed E-state index contributed by atoms with van der Waals surface area (Å²) in [6.45, 7) is 3.32. The predicted octanol–water partition coefficient (Wildman–Crippen LogP) is 0.832. The average molecular weight is 309 g/mol. The van der Waals surface area contributed by atoms with Crippen molar-refractivity contribution in [1.29, 1.82) is 0 Å². The molecule has 2 aromatic rings. The van der Waals surface area contributed by atoms with Crippen molar-refractivity contribution in [3.63, 3.8) is 0 Å². The molecule has 0 radical (unpaired) electrons. The molecule has 0 aliphatic heterocycles. The maximum Gasteiger partial charge on any atom is 0.241 e. The first-order valence-corrected chi connectivity index (χ1v) is 7.81. The van der Waals surface area contributed by atoms with Gasteiger partial charge >= 0.3 is 0 Å². The lowest BCUT2D eigenvalue weighted by atomic mass is 10.1.